The first-order valence-electron chi connectivity index (χ1n) is 10.2. The summed E-state index contributed by atoms with van der Waals surface area (Å²) < 4.78 is 0. The SMILES string of the molecule is [CH2]CCCCCC(=O)N1CCN(Cc2ccc(-c3ccccc3)cc2)CC1. The van der Waals surface area contributed by atoms with Crippen LogP contribution < -0.4 is 0 Å². The van der Waals surface area contributed by atoms with E-state index in [4.69, 9.17) is 0 Å². The van der Waals surface area contributed by atoms with E-state index >= 15 is 0 Å². The maximum Gasteiger partial charge on any atom is 0.222 e. The van der Waals surface area contributed by atoms with Gasteiger partial charge in [-0.25, -0.2) is 0 Å². The van der Waals surface area contributed by atoms with Crippen LogP contribution >= 0.6 is 0 Å². The van der Waals surface area contributed by atoms with Gasteiger partial charge in [0.25, 0.3) is 0 Å². The fourth-order valence-electron chi connectivity index (χ4n) is 3.63. The highest BCUT2D eigenvalue weighted by Gasteiger charge is 2.20. The standard InChI is InChI=1S/C24H31N2O/c1-2-3-4-8-11-24(27)26-18-16-25(17-19-26)20-21-12-14-23(15-13-21)22-9-6-5-7-10-22/h5-7,9-10,12-15H,1-4,8,11,16-20H2. The van der Waals surface area contributed by atoms with Gasteiger partial charge in [0.1, 0.15) is 0 Å². The third kappa shape index (κ3) is 5.93. The average Bonchev–Trinajstić information content (AvgIpc) is 2.73. The van der Waals surface area contributed by atoms with Crippen molar-refractivity contribution in [1.29, 1.82) is 0 Å². The van der Waals surface area contributed by atoms with Crippen molar-refractivity contribution in [1.82, 2.24) is 9.80 Å². The predicted octanol–water partition coefficient (Wildman–Crippen LogP) is 4.78. The number of amides is 1. The summed E-state index contributed by atoms with van der Waals surface area (Å²) in [4.78, 5) is 16.8. The molecular weight excluding hydrogens is 332 g/mol. The van der Waals surface area contributed by atoms with Gasteiger partial charge in [0, 0.05) is 39.1 Å². The van der Waals surface area contributed by atoms with Crippen LogP contribution in [0.2, 0.25) is 0 Å². The van der Waals surface area contributed by atoms with Gasteiger partial charge in [-0.05, 0) is 23.1 Å². The van der Waals surface area contributed by atoms with Crippen LogP contribution in [0.4, 0.5) is 0 Å². The highest BCUT2D eigenvalue weighted by molar-refractivity contribution is 5.76. The number of carbonyl (C=O) groups is 1. The van der Waals surface area contributed by atoms with Crippen molar-refractivity contribution in [3.63, 3.8) is 0 Å². The molecule has 1 fully saturated rings. The molecule has 1 radical (unpaired) electrons. The summed E-state index contributed by atoms with van der Waals surface area (Å²) in [5.41, 5.74) is 3.85. The Labute approximate surface area is 164 Å². The molecule has 0 bridgehead atoms. The van der Waals surface area contributed by atoms with Crippen molar-refractivity contribution >= 4 is 5.91 Å². The number of nitrogens with zero attached hydrogens (tertiary/aromatic N) is 2. The molecule has 27 heavy (non-hydrogen) atoms. The largest absolute Gasteiger partial charge is 0.340 e. The topological polar surface area (TPSA) is 23.6 Å². The van der Waals surface area contributed by atoms with Crippen LogP contribution in [0.25, 0.3) is 11.1 Å². The molecule has 0 spiro atoms. The van der Waals surface area contributed by atoms with Gasteiger partial charge < -0.3 is 4.90 Å². The minimum Gasteiger partial charge on any atom is -0.340 e. The molecule has 0 aliphatic carbocycles. The first-order chi connectivity index (χ1) is 13.3. The Hall–Kier alpha value is -2.13. The van der Waals surface area contributed by atoms with Crippen LogP contribution in [0.5, 0.6) is 0 Å². The van der Waals surface area contributed by atoms with Gasteiger partial charge in [0.15, 0.2) is 0 Å². The minimum atomic E-state index is 0.325. The number of rotatable bonds is 8. The van der Waals surface area contributed by atoms with Crippen LogP contribution in [0, 0.1) is 6.92 Å². The molecule has 0 unspecified atom stereocenters. The third-order valence-electron chi connectivity index (χ3n) is 5.33. The zero-order valence-electron chi connectivity index (χ0n) is 16.3. The molecule has 1 aliphatic heterocycles. The molecule has 1 aliphatic rings. The molecule has 143 valence electrons. The Morgan fingerprint density at radius 1 is 0.815 bits per heavy atom. The second-order valence-corrected chi connectivity index (χ2v) is 7.38. The lowest BCUT2D eigenvalue weighted by atomic mass is 10.0. The van der Waals surface area contributed by atoms with Crippen molar-refractivity contribution in [3.05, 3.63) is 67.1 Å². The zero-order valence-corrected chi connectivity index (χ0v) is 16.3. The lowest BCUT2D eigenvalue weighted by Gasteiger charge is -2.35. The van der Waals surface area contributed by atoms with E-state index in [1.807, 2.05) is 11.0 Å². The zero-order chi connectivity index (χ0) is 18.9. The van der Waals surface area contributed by atoms with Crippen molar-refractivity contribution in [2.45, 2.75) is 38.6 Å². The Morgan fingerprint density at radius 3 is 2.15 bits per heavy atom. The van der Waals surface area contributed by atoms with Crippen molar-refractivity contribution in [3.8, 4) is 11.1 Å². The summed E-state index contributed by atoms with van der Waals surface area (Å²) in [5.74, 6) is 0.325. The normalized spacial score (nSPS) is 15.1. The van der Waals surface area contributed by atoms with Gasteiger partial charge in [-0.2, -0.15) is 0 Å². The second kappa shape index (κ2) is 10.3. The van der Waals surface area contributed by atoms with Crippen LogP contribution in [0.3, 0.4) is 0 Å². The van der Waals surface area contributed by atoms with E-state index in [1.54, 1.807) is 0 Å². The Morgan fingerprint density at radius 2 is 1.48 bits per heavy atom. The van der Waals surface area contributed by atoms with E-state index in [2.05, 4.69) is 60.4 Å². The van der Waals surface area contributed by atoms with Crippen LogP contribution in [-0.4, -0.2) is 41.9 Å². The fraction of sp³-hybridized carbons (Fsp3) is 0.417. The third-order valence-corrected chi connectivity index (χ3v) is 5.33. The van der Waals surface area contributed by atoms with Crippen LogP contribution in [0.15, 0.2) is 54.6 Å². The van der Waals surface area contributed by atoms with Crippen molar-refractivity contribution < 1.29 is 4.79 Å². The van der Waals surface area contributed by atoms with Crippen molar-refractivity contribution in [2.24, 2.45) is 0 Å². The van der Waals surface area contributed by atoms with Gasteiger partial charge in [0.2, 0.25) is 5.91 Å². The molecule has 3 heteroatoms. The van der Waals surface area contributed by atoms with E-state index in [0.29, 0.717) is 12.3 Å². The maximum atomic E-state index is 12.3. The summed E-state index contributed by atoms with van der Waals surface area (Å²) in [6.07, 6.45) is 4.92. The van der Waals surface area contributed by atoms with Gasteiger partial charge in [-0.3, -0.25) is 9.69 Å². The fourth-order valence-corrected chi connectivity index (χ4v) is 3.63. The second-order valence-electron chi connectivity index (χ2n) is 7.38. The molecule has 0 N–H and O–H groups in total. The summed E-state index contributed by atoms with van der Waals surface area (Å²) >= 11 is 0. The molecule has 3 rings (SSSR count). The van der Waals surface area contributed by atoms with E-state index in [-0.39, 0.29) is 0 Å². The average molecular weight is 364 g/mol. The van der Waals surface area contributed by atoms with E-state index < -0.39 is 0 Å². The Bertz CT molecular complexity index is 688. The molecule has 0 saturated carbocycles. The number of hydrogen-bond donors (Lipinski definition) is 0. The molecule has 3 nitrogen and oxygen atoms in total. The van der Waals surface area contributed by atoms with Crippen LogP contribution in [-0.2, 0) is 11.3 Å². The number of carbonyl (C=O) groups excluding carboxylic acids is 1. The van der Waals surface area contributed by atoms with E-state index in [9.17, 15) is 4.79 Å². The summed E-state index contributed by atoms with van der Waals surface area (Å²) in [5, 5.41) is 0. The Balaban J connectivity index is 1.43. The van der Waals surface area contributed by atoms with Gasteiger partial charge >= 0.3 is 0 Å². The monoisotopic (exact) mass is 363 g/mol. The number of piperazine rings is 1. The molecule has 1 heterocycles. The molecule has 2 aromatic carbocycles. The van der Waals surface area contributed by atoms with Crippen LogP contribution in [0.1, 0.15) is 37.7 Å². The maximum absolute atomic E-state index is 12.3. The number of unbranched alkanes of at least 4 members (excludes halogenated alkanes) is 3. The highest BCUT2D eigenvalue weighted by Crippen LogP contribution is 2.20. The Kier molecular flexibility index (Phi) is 7.46. The predicted molar refractivity (Wildman–Crippen MR) is 112 cm³/mol. The number of hydrogen-bond acceptors (Lipinski definition) is 2. The van der Waals surface area contributed by atoms with Crippen molar-refractivity contribution in [2.75, 3.05) is 26.2 Å². The molecule has 0 aromatic heterocycles. The highest BCUT2D eigenvalue weighted by atomic mass is 16.2. The summed E-state index contributed by atoms with van der Waals surface area (Å²) in [7, 11) is 0. The lowest BCUT2D eigenvalue weighted by Crippen LogP contribution is -2.48. The molecule has 1 amide bonds. The minimum absolute atomic E-state index is 0.325. The van der Waals surface area contributed by atoms with E-state index in [0.717, 1.165) is 58.4 Å². The molecule has 2 aromatic rings. The first-order valence-corrected chi connectivity index (χ1v) is 10.2. The molecule has 1 saturated heterocycles. The quantitative estimate of drug-likeness (QED) is 0.630. The summed E-state index contributed by atoms with van der Waals surface area (Å²) in [6.45, 7) is 8.45. The molecular formula is C24H31N2O. The van der Waals surface area contributed by atoms with E-state index in [1.165, 1.54) is 16.7 Å². The van der Waals surface area contributed by atoms with Gasteiger partial charge in [0.05, 0.1) is 0 Å². The first kappa shape index (κ1) is 19.6. The summed E-state index contributed by atoms with van der Waals surface area (Å²) in [6, 6.07) is 19.3. The number of benzene rings is 2. The smallest absolute Gasteiger partial charge is 0.222 e. The molecule has 0 atom stereocenters. The lowest BCUT2D eigenvalue weighted by molar-refractivity contribution is -0.133. The van der Waals surface area contributed by atoms with Gasteiger partial charge in [-0.15, -0.1) is 0 Å². The van der Waals surface area contributed by atoms with Gasteiger partial charge in [-0.1, -0.05) is 80.8 Å².